The van der Waals surface area contributed by atoms with E-state index in [0.717, 1.165) is 5.39 Å². The number of amides is 1. The number of rotatable bonds is 8. The molecule has 0 aliphatic heterocycles. The number of fused-ring (bicyclic) bond motifs is 1. The van der Waals surface area contributed by atoms with Crippen molar-refractivity contribution in [3.63, 3.8) is 0 Å². The molecule has 4 N–H and O–H groups in total. The van der Waals surface area contributed by atoms with Crippen LogP contribution in [-0.2, 0) is 4.79 Å². The molecule has 1 amide bonds. The molecule has 0 saturated heterocycles. The van der Waals surface area contributed by atoms with Crippen molar-refractivity contribution in [2.24, 2.45) is 0 Å². The highest BCUT2D eigenvalue weighted by molar-refractivity contribution is 7.80. The first-order valence-electron chi connectivity index (χ1n) is 9.78. The maximum absolute atomic E-state index is 12.5. The van der Waals surface area contributed by atoms with Gasteiger partial charge in [0.1, 0.15) is 34.4 Å². The smallest absolute Gasteiger partial charge is 0.244 e. The van der Waals surface area contributed by atoms with Gasteiger partial charge in [0.05, 0.1) is 6.04 Å². The zero-order valence-corrected chi connectivity index (χ0v) is 18.0. The van der Waals surface area contributed by atoms with E-state index in [1.54, 1.807) is 55.5 Å². The normalized spacial score (nSPS) is 12.4. The van der Waals surface area contributed by atoms with Crippen molar-refractivity contribution < 1.29 is 24.3 Å². The van der Waals surface area contributed by atoms with Crippen molar-refractivity contribution in [1.82, 2.24) is 10.8 Å². The Morgan fingerprint density at radius 1 is 1.23 bits per heavy atom. The lowest BCUT2D eigenvalue weighted by Gasteiger charge is -2.17. The number of thiocarbonyl (C=S) groups is 1. The van der Waals surface area contributed by atoms with Gasteiger partial charge in [0, 0.05) is 17.0 Å². The van der Waals surface area contributed by atoms with Crippen LogP contribution in [0.15, 0.2) is 59.0 Å². The van der Waals surface area contributed by atoms with Gasteiger partial charge in [-0.1, -0.05) is 19.1 Å². The first-order chi connectivity index (χ1) is 14.9. The van der Waals surface area contributed by atoms with E-state index < -0.39 is 0 Å². The van der Waals surface area contributed by atoms with E-state index in [4.69, 9.17) is 26.6 Å². The molecule has 1 atom stereocenters. The maximum atomic E-state index is 12.5. The van der Waals surface area contributed by atoms with Crippen LogP contribution in [0.3, 0.4) is 0 Å². The summed E-state index contributed by atoms with van der Waals surface area (Å²) in [5.74, 6) is 1.11. The molecule has 3 rings (SSSR count). The summed E-state index contributed by atoms with van der Waals surface area (Å²) >= 11 is 4.96. The number of allylic oxidation sites excluding steroid dienone is 1. The summed E-state index contributed by atoms with van der Waals surface area (Å²) in [4.78, 5) is 12.7. The third-order valence-electron chi connectivity index (χ3n) is 4.74. The van der Waals surface area contributed by atoms with E-state index in [0.29, 0.717) is 41.3 Å². The highest BCUT2D eigenvalue weighted by Crippen LogP contribution is 2.27. The van der Waals surface area contributed by atoms with Crippen LogP contribution in [-0.4, -0.2) is 33.9 Å². The second-order valence-corrected chi connectivity index (χ2v) is 7.46. The number of ether oxygens (including phenoxy) is 1. The Labute approximate surface area is 185 Å². The first kappa shape index (κ1) is 22.3. The Hall–Kier alpha value is -3.36. The number of hydrogen-bond donors (Lipinski definition) is 4. The molecule has 1 heterocycles. The molecule has 8 heteroatoms. The van der Waals surface area contributed by atoms with E-state index in [2.05, 4.69) is 5.32 Å². The fraction of sp³-hybridized carbons (Fsp3) is 0.217. The molecule has 31 heavy (non-hydrogen) atoms. The van der Waals surface area contributed by atoms with Crippen LogP contribution in [0, 0.1) is 0 Å². The molecule has 0 aliphatic rings. The molecule has 0 fully saturated rings. The standard InChI is InChI=1S/C23H24N2O5S/c1-3-17(13-29-19-7-4-15(5-8-19)23(31)25-28)24-22(27)10-14(2)21-12-16-11-18(26)6-9-20(16)30-21/h4-12,17,26,28H,3,13H2,1-2H3,(H,24,27)(H,25,31)/b14-10+/t17-/m0/s1. The van der Waals surface area contributed by atoms with Gasteiger partial charge < -0.3 is 19.6 Å². The molecule has 2 aromatic carbocycles. The summed E-state index contributed by atoms with van der Waals surface area (Å²) in [7, 11) is 0. The van der Waals surface area contributed by atoms with Gasteiger partial charge >= 0.3 is 0 Å². The fourth-order valence-corrected chi connectivity index (χ4v) is 3.10. The van der Waals surface area contributed by atoms with Gasteiger partial charge in [0.15, 0.2) is 0 Å². The summed E-state index contributed by atoms with van der Waals surface area (Å²) < 4.78 is 11.5. The molecule has 0 saturated carbocycles. The number of phenols is 1. The van der Waals surface area contributed by atoms with Crippen molar-refractivity contribution in [1.29, 1.82) is 0 Å². The second-order valence-electron chi connectivity index (χ2n) is 7.05. The van der Waals surface area contributed by atoms with E-state index in [9.17, 15) is 9.90 Å². The fourth-order valence-electron chi connectivity index (χ4n) is 2.96. The number of carbonyl (C=O) groups is 1. The van der Waals surface area contributed by atoms with Gasteiger partial charge in [-0.05, 0) is 67.4 Å². The molecule has 162 valence electrons. The molecule has 0 spiro atoms. The van der Waals surface area contributed by atoms with Crippen molar-refractivity contribution in [3.8, 4) is 11.5 Å². The number of hydroxylamine groups is 1. The van der Waals surface area contributed by atoms with Crippen LogP contribution in [0.1, 0.15) is 31.6 Å². The number of furan rings is 1. The second kappa shape index (κ2) is 10.1. The summed E-state index contributed by atoms with van der Waals surface area (Å²) in [6.07, 6.45) is 2.18. The number of benzene rings is 2. The number of aromatic hydroxyl groups is 1. The number of nitrogens with one attached hydrogen (secondary N) is 2. The van der Waals surface area contributed by atoms with Gasteiger partial charge in [-0.25, -0.2) is 0 Å². The average molecular weight is 441 g/mol. The molecule has 0 aliphatic carbocycles. The SMILES string of the molecule is CC[C@@H](COc1ccc(C(=S)NO)cc1)NC(=O)/C=C(\C)c1cc2cc(O)ccc2o1. The molecule has 1 aromatic heterocycles. The molecule has 7 nitrogen and oxygen atoms in total. The highest BCUT2D eigenvalue weighted by Gasteiger charge is 2.12. The van der Waals surface area contributed by atoms with Crippen LogP contribution >= 0.6 is 12.2 Å². The van der Waals surface area contributed by atoms with Gasteiger partial charge in [0.2, 0.25) is 5.91 Å². The van der Waals surface area contributed by atoms with Crippen LogP contribution in [0.4, 0.5) is 0 Å². The summed E-state index contributed by atoms with van der Waals surface area (Å²) in [6, 6.07) is 13.4. The van der Waals surface area contributed by atoms with E-state index in [1.807, 2.05) is 12.4 Å². The third kappa shape index (κ3) is 5.84. The minimum absolute atomic E-state index is 0.160. The van der Waals surface area contributed by atoms with Crippen LogP contribution < -0.4 is 15.5 Å². The minimum Gasteiger partial charge on any atom is -0.508 e. The Balaban J connectivity index is 1.58. The molecular formula is C23H24N2O5S. The minimum atomic E-state index is -0.244. The van der Waals surface area contributed by atoms with Crippen LogP contribution in [0.5, 0.6) is 11.5 Å². The van der Waals surface area contributed by atoms with Crippen LogP contribution in [0.2, 0.25) is 0 Å². The van der Waals surface area contributed by atoms with Gasteiger partial charge in [-0.15, -0.1) is 0 Å². The third-order valence-corrected chi connectivity index (χ3v) is 5.07. The highest BCUT2D eigenvalue weighted by atomic mass is 32.1. The molecule has 0 bridgehead atoms. The average Bonchev–Trinajstić information content (AvgIpc) is 3.19. The van der Waals surface area contributed by atoms with Gasteiger partial charge in [-0.2, -0.15) is 0 Å². The Bertz CT molecular complexity index is 1100. The topological polar surface area (TPSA) is 104 Å². The quantitative estimate of drug-likeness (QED) is 0.237. The van der Waals surface area contributed by atoms with E-state index >= 15 is 0 Å². The molecule has 0 unspecified atom stereocenters. The van der Waals surface area contributed by atoms with Crippen LogP contribution in [0.25, 0.3) is 16.5 Å². The monoisotopic (exact) mass is 440 g/mol. The largest absolute Gasteiger partial charge is 0.508 e. The lowest BCUT2D eigenvalue weighted by atomic mass is 10.1. The number of carbonyl (C=O) groups excluding carboxylic acids is 1. The summed E-state index contributed by atoms with van der Waals surface area (Å²) in [5.41, 5.74) is 3.93. The Morgan fingerprint density at radius 3 is 2.65 bits per heavy atom. The maximum Gasteiger partial charge on any atom is 0.244 e. The van der Waals surface area contributed by atoms with E-state index in [-0.39, 0.29) is 22.7 Å². The first-order valence-corrected chi connectivity index (χ1v) is 10.2. The Morgan fingerprint density at radius 2 is 1.97 bits per heavy atom. The zero-order valence-electron chi connectivity index (χ0n) is 17.2. The molecule has 0 radical (unpaired) electrons. The summed E-state index contributed by atoms with van der Waals surface area (Å²) in [5, 5.41) is 22.1. The van der Waals surface area contributed by atoms with Crippen molar-refractivity contribution >= 4 is 39.7 Å². The van der Waals surface area contributed by atoms with Crippen molar-refractivity contribution in [2.75, 3.05) is 6.61 Å². The molecular weight excluding hydrogens is 416 g/mol. The van der Waals surface area contributed by atoms with Gasteiger partial charge in [-0.3, -0.25) is 15.5 Å². The lowest BCUT2D eigenvalue weighted by Crippen LogP contribution is -2.37. The number of phenolic OH excluding ortho intramolecular Hbond substituents is 1. The van der Waals surface area contributed by atoms with Crippen molar-refractivity contribution in [2.45, 2.75) is 26.3 Å². The van der Waals surface area contributed by atoms with Crippen molar-refractivity contribution in [3.05, 3.63) is 65.9 Å². The van der Waals surface area contributed by atoms with E-state index in [1.165, 1.54) is 6.08 Å². The molecule has 3 aromatic rings. The number of hydrogen-bond acceptors (Lipinski definition) is 6. The predicted octanol–water partition coefficient (Wildman–Crippen LogP) is 4.17. The van der Waals surface area contributed by atoms with Gasteiger partial charge in [0.25, 0.3) is 0 Å². The summed E-state index contributed by atoms with van der Waals surface area (Å²) in [6.45, 7) is 4.06. The predicted molar refractivity (Wildman–Crippen MR) is 122 cm³/mol. The lowest BCUT2D eigenvalue weighted by molar-refractivity contribution is -0.117. The zero-order chi connectivity index (χ0) is 22.4. The Kier molecular flexibility index (Phi) is 7.28.